The Labute approximate surface area is 109 Å². The number of ether oxygens (including phenoxy) is 1. The van der Waals surface area contributed by atoms with Gasteiger partial charge in [-0.3, -0.25) is 4.79 Å². The minimum absolute atomic E-state index is 0.210. The Morgan fingerprint density at radius 3 is 2.67 bits per heavy atom. The van der Waals surface area contributed by atoms with Crippen LogP contribution in [0, 0.1) is 11.8 Å². The summed E-state index contributed by atoms with van der Waals surface area (Å²) in [6, 6.07) is 0. The average molecular weight is 246 g/mol. The standard InChI is InChI=1S/C16H22O2/c1-10-8-13(11(2)17)14-9-18-16(15(10)14)12-6-4-3-5-7-12/h12,15-16H,1,3-9H2,2H3/t15-,16+/m0/s1. The van der Waals surface area contributed by atoms with Gasteiger partial charge in [-0.1, -0.05) is 31.4 Å². The second-order valence-corrected chi connectivity index (χ2v) is 6.05. The zero-order chi connectivity index (χ0) is 12.7. The number of fused-ring (bicyclic) bond motifs is 1. The molecule has 1 aliphatic heterocycles. The van der Waals surface area contributed by atoms with Crippen molar-refractivity contribution in [3.05, 3.63) is 23.3 Å². The van der Waals surface area contributed by atoms with Crippen LogP contribution < -0.4 is 0 Å². The van der Waals surface area contributed by atoms with Crippen LogP contribution in [0.25, 0.3) is 0 Å². The largest absolute Gasteiger partial charge is 0.373 e. The molecule has 0 aromatic heterocycles. The average Bonchev–Trinajstić information content (AvgIpc) is 2.92. The van der Waals surface area contributed by atoms with E-state index in [1.165, 1.54) is 43.3 Å². The fraction of sp³-hybridized carbons (Fsp3) is 0.688. The Hall–Kier alpha value is -0.890. The van der Waals surface area contributed by atoms with Crippen molar-refractivity contribution in [2.24, 2.45) is 11.8 Å². The van der Waals surface area contributed by atoms with Crippen LogP contribution >= 0.6 is 0 Å². The molecule has 0 aromatic carbocycles. The number of carbonyl (C=O) groups is 1. The SMILES string of the molecule is C=C1CC(C(C)=O)=C2CO[C@H](C3CCCCC3)[C@@H]12. The third-order valence-electron chi connectivity index (χ3n) is 4.91. The van der Waals surface area contributed by atoms with Crippen LogP contribution in [-0.4, -0.2) is 18.5 Å². The van der Waals surface area contributed by atoms with E-state index in [-0.39, 0.29) is 5.78 Å². The van der Waals surface area contributed by atoms with Crippen molar-refractivity contribution >= 4 is 5.78 Å². The topological polar surface area (TPSA) is 26.3 Å². The summed E-state index contributed by atoms with van der Waals surface area (Å²) in [5, 5.41) is 0. The Balaban J connectivity index is 1.84. The van der Waals surface area contributed by atoms with E-state index in [9.17, 15) is 4.79 Å². The van der Waals surface area contributed by atoms with Gasteiger partial charge in [-0.05, 0) is 37.7 Å². The quantitative estimate of drug-likeness (QED) is 0.698. The van der Waals surface area contributed by atoms with Crippen LogP contribution in [0.2, 0.25) is 0 Å². The van der Waals surface area contributed by atoms with Crippen molar-refractivity contribution in [3.63, 3.8) is 0 Å². The van der Waals surface area contributed by atoms with Crippen LogP contribution in [0.5, 0.6) is 0 Å². The van der Waals surface area contributed by atoms with Crippen molar-refractivity contribution < 1.29 is 9.53 Å². The van der Waals surface area contributed by atoms with Gasteiger partial charge in [-0.15, -0.1) is 0 Å². The minimum Gasteiger partial charge on any atom is -0.373 e. The van der Waals surface area contributed by atoms with Gasteiger partial charge in [0, 0.05) is 11.5 Å². The molecule has 0 bridgehead atoms. The van der Waals surface area contributed by atoms with Crippen LogP contribution in [-0.2, 0) is 9.53 Å². The predicted molar refractivity (Wildman–Crippen MR) is 71.3 cm³/mol. The lowest BCUT2D eigenvalue weighted by Gasteiger charge is -2.30. The van der Waals surface area contributed by atoms with Crippen molar-refractivity contribution in [3.8, 4) is 0 Å². The highest BCUT2D eigenvalue weighted by atomic mass is 16.5. The molecule has 1 heterocycles. The van der Waals surface area contributed by atoms with Crippen molar-refractivity contribution in [2.75, 3.05) is 6.61 Å². The maximum absolute atomic E-state index is 11.7. The van der Waals surface area contributed by atoms with Crippen molar-refractivity contribution in [1.29, 1.82) is 0 Å². The van der Waals surface area contributed by atoms with E-state index in [1.54, 1.807) is 6.92 Å². The van der Waals surface area contributed by atoms with Gasteiger partial charge in [0.1, 0.15) is 0 Å². The zero-order valence-corrected chi connectivity index (χ0v) is 11.2. The molecule has 1 saturated carbocycles. The van der Waals surface area contributed by atoms with E-state index in [1.807, 2.05) is 0 Å². The van der Waals surface area contributed by atoms with Gasteiger partial charge in [-0.2, -0.15) is 0 Å². The lowest BCUT2D eigenvalue weighted by Crippen LogP contribution is -2.28. The summed E-state index contributed by atoms with van der Waals surface area (Å²) in [7, 11) is 0. The van der Waals surface area contributed by atoms with Gasteiger partial charge in [0.25, 0.3) is 0 Å². The highest BCUT2D eigenvalue weighted by Gasteiger charge is 2.44. The summed E-state index contributed by atoms with van der Waals surface area (Å²) < 4.78 is 6.04. The predicted octanol–water partition coefficient (Wildman–Crippen LogP) is 3.43. The maximum Gasteiger partial charge on any atom is 0.156 e. The van der Waals surface area contributed by atoms with Gasteiger partial charge in [0.05, 0.1) is 12.7 Å². The molecular formula is C16H22O2. The smallest absolute Gasteiger partial charge is 0.156 e. The number of allylic oxidation sites excluding steroid dienone is 1. The molecule has 0 spiro atoms. The molecule has 0 unspecified atom stereocenters. The lowest BCUT2D eigenvalue weighted by molar-refractivity contribution is -0.113. The number of Topliss-reactive ketones (excluding diaryl/α,β-unsaturated/α-hetero) is 1. The first kappa shape index (κ1) is 12.2. The van der Waals surface area contributed by atoms with Crippen molar-refractivity contribution in [1.82, 2.24) is 0 Å². The molecule has 2 nitrogen and oxygen atoms in total. The second kappa shape index (κ2) is 4.65. The highest BCUT2D eigenvalue weighted by Crippen LogP contribution is 2.47. The molecule has 0 amide bonds. The van der Waals surface area contributed by atoms with E-state index >= 15 is 0 Å². The van der Waals surface area contributed by atoms with Gasteiger partial charge >= 0.3 is 0 Å². The third-order valence-corrected chi connectivity index (χ3v) is 4.91. The first-order chi connectivity index (χ1) is 8.68. The molecule has 0 radical (unpaired) electrons. The summed E-state index contributed by atoms with van der Waals surface area (Å²) in [6.07, 6.45) is 7.72. The summed E-state index contributed by atoms with van der Waals surface area (Å²) in [4.78, 5) is 11.7. The van der Waals surface area contributed by atoms with Gasteiger partial charge in [-0.25, -0.2) is 0 Å². The van der Waals surface area contributed by atoms with E-state index < -0.39 is 0 Å². The Morgan fingerprint density at radius 1 is 1.28 bits per heavy atom. The number of hydrogen-bond acceptors (Lipinski definition) is 2. The lowest BCUT2D eigenvalue weighted by atomic mass is 9.78. The van der Waals surface area contributed by atoms with Gasteiger partial charge in [0.2, 0.25) is 0 Å². The van der Waals surface area contributed by atoms with Crippen molar-refractivity contribution in [2.45, 2.75) is 51.6 Å². The highest BCUT2D eigenvalue weighted by molar-refractivity contribution is 5.95. The fourth-order valence-corrected chi connectivity index (χ4v) is 4.00. The minimum atomic E-state index is 0.210. The molecule has 3 aliphatic rings. The fourth-order valence-electron chi connectivity index (χ4n) is 4.00. The van der Waals surface area contributed by atoms with E-state index in [0.717, 1.165) is 12.0 Å². The molecule has 2 fully saturated rings. The summed E-state index contributed by atoms with van der Waals surface area (Å²) in [5.74, 6) is 1.25. The van der Waals surface area contributed by atoms with Gasteiger partial charge in [0.15, 0.2) is 5.78 Å². The molecule has 0 N–H and O–H groups in total. The third kappa shape index (κ3) is 1.87. The Kier molecular flexibility index (Phi) is 3.14. The van der Waals surface area contributed by atoms with Gasteiger partial charge < -0.3 is 4.74 Å². The van der Waals surface area contributed by atoms with Crippen LogP contribution in [0.3, 0.4) is 0 Å². The molecule has 18 heavy (non-hydrogen) atoms. The summed E-state index contributed by atoms with van der Waals surface area (Å²) >= 11 is 0. The van der Waals surface area contributed by atoms with E-state index in [4.69, 9.17) is 4.74 Å². The number of ketones is 1. The molecule has 0 aromatic rings. The van der Waals surface area contributed by atoms with Crippen LogP contribution in [0.1, 0.15) is 45.4 Å². The number of carbonyl (C=O) groups excluding carboxylic acids is 1. The molecule has 1 saturated heterocycles. The Morgan fingerprint density at radius 2 is 2.00 bits per heavy atom. The second-order valence-electron chi connectivity index (χ2n) is 6.05. The first-order valence-corrected chi connectivity index (χ1v) is 7.20. The molecule has 2 heteroatoms. The Bertz CT molecular complexity index is 413. The van der Waals surface area contributed by atoms with E-state index in [2.05, 4.69) is 6.58 Å². The van der Waals surface area contributed by atoms with E-state index in [0.29, 0.717) is 24.5 Å². The number of rotatable bonds is 2. The zero-order valence-electron chi connectivity index (χ0n) is 11.2. The molecule has 2 atom stereocenters. The normalized spacial score (nSPS) is 33.1. The summed E-state index contributed by atoms with van der Waals surface area (Å²) in [6.45, 7) is 6.54. The first-order valence-electron chi connectivity index (χ1n) is 7.20. The molecule has 3 rings (SSSR count). The van der Waals surface area contributed by atoms with Crippen LogP contribution in [0.15, 0.2) is 23.3 Å². The molecule has 2 aliphatic carbocycles. The summed E-state index contributed by atoms with van der Waals surface area (Å²) in [5.41, 5.74) is 3.45. The maximum atomic E-state index is 11.7. The molecule has 98 valence electrons. The monoisotopic (exact) mass is 246 g/mol. The van der Waals surface area contributed by atoms with Crippen LogP contribution in [0.4, 0.5) is 0 Å². The number of hydrogen-bond donors (Lipinski definition) is 0. The molecular weight excluding hydrogens is 224 g/mol.